The fourth-order valence-electron chi connectivity index (χ4n) is 2.31. The number of carbonyl (C=O) groups is 1. The molecule has 2 atom stereocenters. The van der Waals surface area contributed by atoms with Crippen molar-refractivity contribution < 1.29 is 9.90 Å². The molecule has 17 heavy (non-hydrogen) atoms. The Bertz CT molecular complexity index is 459. The van der Waals surface area contributed by atoms with E-state index in [1.165, 1.54) is 0 Å². The molecule has 3 nitrogen and oxygen atoms in total. The normalized spacial score (nSPS) is 20.0. The zero-order chi connectivity index (χ0) is 12.6. The van der Waals surface area contributed by atoms with Gasteiger partial charge in [0.1, 0.15) is 0 Å². The first kappa shape index (κ1) is 12.4. The second-order valence-electron chi connectivity index (χ2n) is 4.33. The Balaban J connectivity index is 2.55. The lowest BCUT2D eigenvalue weighted by molar-refractivity contribution is -0.117. The Morgan fingerprint density at radius 1 is 1.47 bits per heavy atom. The third-order valence-corrected chi connectivity index (χ3v) is 3.48. The molecule has 2 rings (SSSR count). The lowest BCUT2D eigenvalue weighted by Gasteiger charge is -2.14. The molecule has 1 aliphatic heterocycles. The topological polar surface area (TPSA) is 49.3 Å². The van der Waals surface area contributed by atoms with E-state index >= 15 is 0 Å². The zero-order valence-corrected chi connectivity index (χ0v) is 10.7. The van der Waals surface area contributed by atoms with Gasteiger partial charge in [-0.2, -0.15) is 0 Å². The van der Waals surface area contributed by atoms with E-state index in [0.717, 1.165) is 23.2 Å². The average molecular weight is 254 g/mol. The lowest BCUT2D eigenvalue weighted by atomic mass is 9.94. The van der Waals surface area contributed by atoms with Crippen LogP contribution in [-0.2, 0) is 4.79 Å². The largest absolute Gasteiger partial charge is 0.388 e. The summed E-state index contributed by atoms with van der Waals surface area (Å²) in [5.41, 5.74) is 2.38. The molecule has 0 radical (unpaired) electrons. The van der Waals surface area contributed by atoms with E-state index in [1.54, 1.807) is 6.07 Å². The number of aliphatic hydroxyl groups is 1. The van der Waals surface area contributed by atoms with Crippen LogP contribution in [0.2, 0.25) is 5.02 Å². The highest BCUT2D eigenvalue weighted by atomic mass is 35.5. The van der Waals surface area contributed by atoms with E-state index in [1.807, 2.05) is 19.9 Å². The van der Waals surface area contributed by atoms with Gasteiger partial charge in [0, 0.05) is 10.6 Å². The Labute approximate surface area is 106 Å². The SMILES string of the molecule is CCC(O)c1cc(Cl)cc2c1NC(=O)C2CC. The molecule has 4 heteroatoms. The van der Waals surface area contributed by atoms with E-state index in [9.17, 15) is 9.90 Å². The Hall–Kier alpha value is -1.06. The fourth-order valence-corrected chi connectivity index (χ4v) is 2.54. The molecule has 2 unspecified atom stereocenters. The first-order chi connectivity index (χ1) is 8.08. The molecule has 0 fully saturated rings. The van der Waals surface area contributed by atoms with Crippen molar-refractivity contribution in [1.29, 1.82) is 0 Å². The minimum absolute atomic E-state index is 0.00526. The molecule has 1 heterocycles. The van der Waals surface area contributed by atoms with E-state index in [-0.39, 0.29) is 11.8 Å². The van der Waals surface area contributed by atoms with Crippen LogP contribution in [0.15, 0.2) is 12.1 Å². The summed E-state index contributed by atoms with van der Waals surface area (Å²) in [7, 11) is 0. The number of amides is 1. The zero-order valence-electron chi connectivity index (χ0n) is 9.96. The predicted octanol–water partition coefficient (Wildman–Crippen LogP) is 3.23. The number of benzene rings is 1. The van der Waals surface area contributed by atoms with Crippen molar-refractivity contribution in [3.63, 3.8) is 0 Å². The fraction of sp³-hybridized carbons (Fsp3) is 0.462. The van der Waals surface area contributed by atoms with Gasteiger partial charge >= 0.3 is 0 Å². The molecule has 0 aromatic heterocycles. The van der Waals surface area contributed by atoms with Gasteiger partial charge in [-0.05, 0) is 30.5 Å². The van der Waals surface area contributed by atoms with Gasteiger partial charge in [0.15, 0.2) is 0 Å². The quantitative estimate of drug-likeness (QED) is 0.869. The van der Waals surface area contributed by atoms with Gasteiger partial charge in [0.05, 0.1) is 17.7 Å². The summed E-state index contributed by atoms with van der Waals surface area (Å²) in [6.45, 7) is 3.86. The maximum atomic E-state index is 11.8. The highest BCUT2D eigenvalue weighted by molar-refractivity contribution is 6.31. The third kappa shape index (κ3) is 2.05. The van der Waals surface area contributed by atoms with Crippen LogP contribution in [0.3, 0.4) is 0 Å². The maximum Gasteiger partial charge on any atom is 0.232 e. The highest BCUT2D eigenvalue weighted by Crippen LogP contribution is 2.41. The summed E-state index contributed by atoms with van der Waals surface area (Å²) >= 11 is 6.05. The number of hydrogen-bond donors (Lipinski definition) is 2. The van der Waals surface area contributed by atoms with Gasteiger partial charge in [-0.3, -0.25) is 4.79 Å². The summed E-state index contributed by atoms with van der Waals surface area (Å²) in [6, 6.07) is 3.54. The van der Waals surface area contributed by atoms with Crippen molar-refractivity contribution in [2.75, 3.05) is 5.32 Å². The number of halogens is 1. The van der Waals surface area contributed by atoms with Crippen molar-refractivity contribution in [3.05, 3.63) is 28.3 Å². The van der Waals surface area contributed by atoms with E-state index < -0.39 is 6.10 Å². The van der Waals surface area contributed by atoms with Crippen LogP contribution in [0.4, 0.5) is 5.69 Å². The smallest absolute Gasteiger partial charge is 0.232 e. The van der Waals surface area contributed by atoms with Crippen LogP contribution < -0.4 is 5.32 Å². The number of aliphatic hydroxyl groups excluding tert-OH is 1. The van der Waals surface area contributed by atoms with Crippen molar-refractivity contribution in [1.82, 2.24) is 0 Å². The minimum atomic E-state index is -0.585. The molecular formula is C13H16ClNO2. The number of hydrogen-bond acceptors (Lipinski definition) is 2. The summed E-state index contributed by atoms with van der Waals surface area (Å²) < 4.78 is 0. The molecule has 0 bridgehead atoms. The minimum Gasteiger partial charge on any atom is -0.388 e. The van der Waals surface area contributed by atoms with Crippen molar-refractivity contribution in [2.45, 2.75) is 38.7 Å². The first-order valence-corrected chi connectivity index (χ1v) is 6.28. The van der Waals surface area contributed by atoms with Crippen LogP contribution in [0.1, 0.15) is 49.8 Å². The summed E-state index contributed by atoms with van der Waals surface area (Å²) in [6.07, 6.45) is 0.749. The van der Waals surface area contributed by atoms with Crippen molar-refractivity contribution >= 4 is 23.2 Å². The third-order valence-electron chi connectivity index (χ3n) is 3.26. The molecule has 0 aliphatic carbocycles. The summed E-state index contributed by atoms with van der Waals surface area (Å²) in [4.78, 5) is 11.8. The monoisotopic (exact) mass is 253 g/mol. The molecule has 2 N–H and O–H groups in total. The Morgan fingerprint density at radius 3 is 2.76 bits per heavy atom. The van der Waals surface area contributed by atoms with E-state index in [4.69, 9.17) is 11.6 Å². The molecule has 1 amide bonds. The van der Waals surface area contributed by atoms with Crippen LogP contribution >= 0.6 is 11.6 Å². The predicted molar refractivity (Wildman–Crippen MR) is 68.4 cm³/mol. The number of rotatable bonds is 3. The van der Waals surface area contributed by atoms with Gasteiger partial charge in [-0.25, -0.2) is 0 Å². The van der Waals surface area contributed by atoms with Gasteiger partial charge in [-0.1, -0.05) is 25.4 Å². The first-order valence-electron chi connectivity index (χ1n) is 5.90. The highest BCUT2D eigenvalue weighted by Gasteiger charge is 2.32. The molecule has 0 saturated heterocycles. The van der Waals surface area contributed by atoms with Crippen LogP contribution in [0.25, 0.3) is 0 Å². The van der Waals surface area contributed by atoms with Gasteiger partial charge in [0.2, 0.25) is 5.91 Å². The molecule has 1 aliphatic rings. The molecule has 0 spiro atoms. The average Bonchev–Trinajstić information content (AvgIpc) is 2.62. The molecule has 1 aromatic carbocycles. The van der Waals surface area contributed by atoms with E-state index in [0.29, 0.717) is 11.4 Å². The molecule has 1 aromatic rings. The molecule has 0 saturated carbocycles. The van der Waals surface area contributed by atoms with Gasteiger partial charge < -0.3 is 10.4 Å². The van der Waals surface area contributed by atoms with Crippen LogP contribution in [0, 0.1) is 0 Å². The maximum absolute atomic E-state index is 11.8. The standard InChI is InChI=1S/C13H16ClNO2/c1-3-8-9-5-7(14)6-10(11(16)4-2)12(9)15-13(8)17/h5-6,8,11,16H,3-4H2,1-2H3,(H,15,17). The Morgan fingerprint density at radius 2 is 2.18 bits per heavy atom. The number of carbonyl (C=O) groups excluding carboxylic acids is 1. The summed E-state index contributed by atoms with van der Waals surface area (Å²) in [5.74, 6) is -0.152. The van der Waals surface area contributed by atoms with Crippen LogP contribution in [0.5, 0.6) is 0 Å². The molecular weight excluding hydrogens is 238 g/mol. The van der Waals surface area contributed by atoms with E-state index in [2.05, 4.69) is 5.32 Å². The van der Waals surface area contributed by atoms with Crippen molar-refractivity contribution in [2.24, 2.45) is 0 Å². The van der Waals surface area contributed by atoms with Gasteiger partial charge in [-0.15, -0.1) is 0 Å². The van der Waals surface area contributed by atoms with Gasteiger partial charge in [0.25, 0.3) is 0 Å². The number of nitrogens with one attached hydrogen (secondary N) is 1. The van der Waals surface area contributed by atoms with Crippen LogP contribution in [-0.4, -0.2) is 11.0 Å². The second-order valence-corrected chi connectivity index (χ2v) is 4.77. The molecule has 92 valence electrons. The second kappa shape index (κ2) is 4.67. The number of anilines is 1. The van der Waals surface area contributed by atoms with Crippen molar-refractivity contribution in [3.8, 4) is 0 Å². The number of fused-ring (bicyclic) bond motifs is 1. The summed E-state index contributed by atoms with van der Waals surface area (Å²) in [5, 5.41) is 13.4. The lowest BCUT2D eigenvalue weighted by Crippen LogP contribution is -2.11. The Kier molecular flexibility index (Phi) is 3.40.